The van der Waals surface area contributed by atoms with Gasteiger partial charge in [0, 0.05) is 23.8 Å². The first-order chi connectivity index (χ1) is 12.4. The number of nitrogens with one attached hydrogen (secondary N) is 1. The lowest BCUT2D eigenvalue weighted by Crippen LogP contribution is -2.35. The maximum absolute atomic E-state index is 13.9. The predicted molar refractivity (Wildman–Crippen MR) is 98.4 cm³/mol. The second-order valence-electron chi connectivity index (χ2n) is 6.07. The Morgan fingerprint density at radius 2 is 1.81 bits per heavy atom. The fraction of sp³-hybridized carbons (Fsp3) is 0.278. The van der Waals surface area contributed by atoms with Gasteiger partial charge in [0.2, 0.25) is 10.0 Å². The molecule has 2 aromatic carbocycles. The molecule has 3 rings (SSSR count). The third-order valence-electron chi connectivity index (χ3n) is 4.22. The SMILES string of the molecule is O=C(Nc1cccc(S(=O)(=O)N2CCCCC2)c1)c1ccc(Cl)cc1F. The highest BCUT2D eigenvalue weighted by atomic mass is 35.5. The first kappa shape index (κ1) is 18.8. The monoisotopic (exact) mass is 396 g/mol. The van der Waals surface area contributed by atoms with Crippen molar-refractivity contribution >= 4 is 33.2 Å². The number of hydrogen-bond acceptors (Lipinski definition) is 3. The number of carbonyl (C=O) groups excluding carboxylic acids is 1. The maximum atomic E-state index is 13.9. The zero-order valence-electron chi connectivity index (χ0n) is 13.9. The van der Waals surface area contributed by atoms with E-state index in [2.05, 4.69) is 5.32 Å². The van der Waals surface area contributed by atoms with E-state index >= 15 is 0 Å². The molecule has 2 aromatic rings. The summed E-state index contributed by atoms with van der Waals surface area (Å²) in [5, 5.41) is 2.72. The summed E-state index contributed by atoms with van der Waals surface area (Å²) in [5.74, 6) is -1.42. The molecule has 1 fully saturated rings. The highest BCUT2D eigenvalue weighted by molar-refractivity contribution is 7.89. The van der Waals surface area contributed by atoms with Crippen molar-refractivity contribution in [2.45, 2.75) is 24.2 Å². The molecule has 0 aliphatic carbocycles. The molecule has 8 heteroatoms. The van der Waals surface area contributed by atoms with Gasteiger partial charge in [-0.2, -0.15) is 4.31 Å². The molecule has 1 aliphatic heterocycles. The summed E-state index contributed by atoms with van der Waals surface area (Å²) in [7, 11) is -3.61. The van der Waals surface area contributed by atoms with Gasteiger partial charge in [-0.3, -0.25) is 4.79 Å². The second kappa shape index (κ2) is 7.73. The lowest BCUT2D eigenvalue weighted by Gasteiger charge is -2.26. The Labute approximate surface area is 156 Å². The van der Waals surface area contributed by atoms with Gasteiger partial charge in [0.25, 0.3) is 5.91 Å². The van der Waals surface area contributed by atoms with Crippen LogP contribution in [-0.2, 0) is 10.0 Å². The molecule has 138 valence electrons. The summed E-state index contributed by atoms with van der Waals surface area (Å²) in [6, 6.07) is 9.72. The van der Waals surface area contributed by atoms with Crippen LogP contribution >= 0.6 is 11.6 Å². The van der Waals surface area contributed by atoms with Gasteiger partial charge in [0.1, 0.15) is 5.82 Å². The first-order valence-corrected chi connectivity index (χ1v) is 10.1. The maximum Gasteiger partial charge on any atom is 0.258 e. The van der Waals surface area contributed by atoms with E-state index in [1.807, 2.05) is 0 Å². The number of benzene rings is 2. The number of sulfonamides is 1. The minimum atomic E-state index is -3.61. The normalized spacial score (nSPS) is 15.6. The van der Waals surface area contributed by atoms with Crippen molar-refractivity contribution in [3.63, 3.8) is 0 Å². The van der Waals surface area contributed by atoms with Gasteiger partial charge >= 0.3 is 0 Å². The van der Waals surface area contributed by atoms with Gasteiger partial charge in [-0.25, -0.2) is 12.8 Å². The summed E-state index contributed by atoms with van der Waals surface area (Å²) < 4.78 is 40.8. The number of hydrogen-bond donors (Lipinski definition) is 1. The van der Waals surface area contributed by atoms with Crippen LogP contribution in [0.5, 0.6) is 0 Å². The minimum absolute atomic E-state index is 0.105. The van der Waals surface area contributed by atoms with Crippen LogP contribution in [0.3, 0.4) is 0 Å². The summed E-state index contributed by atoms with van der Waals surface area (Å²) in [4.78, 5) is 12.4. The van der Waals surface area contributed by atoms with Crippen molar-refractivity contribution in [3.05, 3.63) is 58.9 Å². The molecule has 26 heavy (non-hydrogen) atoms. The Hall–Kier alpha value is -1.96. The van der Waals surface area contributed by atoms with Gasteiger partial charge in [-0.15, -0.1) is 0 Å². The molecular formula is C18H18ClFN2O3S. The number of piperidine rings is 1. The molecule has 0 atom stereocenters. The molecule has 0 saturated carbocycles. The Morgan fingerprint density at radius 1 is 1.08 bits per heavy atom. The standard InChI is InChI=1S/C18H18ClFN2O3S/c19-13-7-8-16(17(20)11-13)18(23)21-14-5-4-6-15(12-14)26(24,25)22-9-2-1-3-10-22/h4-8,11-12H,1-3,9-10H2,(H,21,23). The van der Waals surface area contributed by atoms with E-state index in [1.165, 1.54) is 28.6 Å². The zero-order chi connectivity index (χ0) is 18.7. The van der Waals surface area contributed by atoms with E-state index in [9.17, 15) is 17.6 Å². The Kier molecular flexibility index (Phi) is 5.60. The smallest absolute Gasteiger partial charge is 0.258 e. The van der Waals surface area contributed by atoms with Gasteiger partial charge in [-0.1, -0.05) is 24.1 Å². The average Bonchev–Trinajstić information content (AvgIpc) is 2.62. The largest absolute Gasteiger partial charge is 0.322 e. The van der Waals surface area contributed by atoms with E-state index in [0.717, 1.165) is 25.3 Å². The van der Waals surface area contributed by atoms with Crippen LogP contribution < -0.4 is 5.32 Å². The summed E-state index contributed by atoms with van der Waals surface area (Å²) in [6.45, 7) is 0.990. The molecule has 0 bridgehead atoms. The quantitative estimate of drug-likeness (QED) is 0.852. The summed E-state index contributed by atoms with van der Waals surface area (Å²) >= 11 is 5.68. The van der Waals surface area contributed by atoms with Gasteiger partial charge in [0.05, 0.1) is 10.5 Å². The van der Waals surface area contributed by atoms with Crippen LogP contribution in [0.25, 0.3) is 0 Å². The molecule has 1 heterocycles. The number of halogens is 2. The zero-order valence-corrected chi connectivity index (χ0v) is 15.5. The summed E-state index contributed by atoms with van der Waals surface area (Å²) in [6.07, 6.45) is 2.70. The molecule has 1 aliphatic rings. The topological polar surface area (TPSA) is 66.5 Å². The Bertz CT molecular complexity index is 928. The van der Waals surface area contributed by atoms with E-state index in [4.69, 9.17) is 11.6 Å². The molecule has 0 unspecified atom stereocenters. The molecule has 1 amide bonds. The van der Waals surface area contributed by atoms with Crippen LogP contribution in [0.2, 0.25) is 5.02 Å². The van der Waals surface area contributed by atoms with Crippen molar-refractivity contribution in [2.75, 3.05) is 18.4 Å². The fourth-order valence-corrected chi connectivity index (χ4v) is 4.58. The number of anilines is 1. The lowest BCUT2D eigenvalue weighted by atomic mass is 10.2. The molecule has 0 spiro atoms. The van der Waals surface area contributed by atoms with Crippen LogP contribution in [-0.4, -0.2) is 31.7 Å². The molecule has 5 nitrogen and oxygen atoms in total. The number of amides is 1. The van der Waals surface area contributed by atoms with Crippen molar-refractivity contribution in [1.29, 1.82) is 0 Å². The fourth-order valence-electron chi connectivity index (χ4n) is 2.86. The highest BCUT2D eigenvalue weighted by Crippen LogP contribution is 2.23. The van der Waals surface area contributed by atoms with Gasteiger partial charge in [0.15, 0.2) is 0 Å². The van der Waals surface area contributed by atoms with Crippen LogP contribution in [0.1, 0.15) is 29.6 Å². The van der Waals surface area contributed by atoms with E-state index in [1.54, 1.807) is 12.1 Å². The van der Waals surface area contributed by atoms with Crippen LogP contribution in [0.15, 0.2) is 47.4 Å². The van der Waals surface area contributed by atoms with Gasteiger partial charge < -0.3 is 5.32 Å². The molecular weight excluding hydrogens is 379 g/mol. The minimum Gasteiger partial charge on any atom is -0.322 e. The predicted octanol–water partition coefficient (Wildman–Crippen LogP) is 3.91. The first-order valence-electron chi connectivity index (χ1n) is 8.24. The van der Waals surface area contributed by atoms with Crippen molar-refractivity contribution in [2.24, 2.45) is 0 Å². The number of nitrogens with zero attached hydrogens (tertiary/aromatic N) is 1. The van der Waals surface area contributed by atoms with E-state index < -0.39 is 21.7 Å². The van der Waals surface area contributed by atoms with Crippen molar-refractivity contribution in [3.8, 4) is 0 Å². The average molecular weight is 397 g/mol. The molecule has 1 N–H and O–H groups in total. The van der Waals surface area contributed by atoms with E-state index in [-0.39, 0.29) is 21.2 Å². The van der Waals surface area contributed by atoms with E-state index in [0.29, 0.717) is 13.1 Å². The van der Waals surface area contributed by atoms with Crippen LogP contribution in [0.4, 0.5) is 10.1 Å². The van der Waals surface area contributed by atoms with Gasteiger partial charge in [-0.05, 0) is 49.2 Å². The molecule has 1 saturated heterocycles. The Morgan fingerprint density at radius 3 is 2.50 bits per heavy atom. The lowest BCUT2D eigenvalue weighted by molar-refractivity contribution is 0.102. The summed E-state index contributed by atoms with van der Waals surface area (Å²) in [5.41, 5.74) is 0.112. The van der Waals surface area contributed by atoms with Crippen molar-refractivity contribution in [1.82, 2.24) is 4.31 Å². The number of carbonyl (C=O) groups is 1. The number of rotatable bonds is 4. The third kappa shape index (κ3) is 4.06. The molecule has 0 aromatic heterocycles. The van der Waals surface area contributed by atoms with Crippen molar-refractivity contribution < 1.29 is 17.6 Å². The van der Waals surface area contributed by atoms with Crippen LogP contribution in [0, 0.1) is 5.82 Å². The third-order valence-corrected chi connectivity index (χ3v) is 6.35. The highest BCUT2D eigenvalue weighted by Gasteiger charge is 2.26. The Balaban J connectivity index is 1.82. The second-order valence-corrected chi connectivity index (χ2v) is 8.45. The molecule has 0 radical (unpaired) electrons.